The summed E-state index contributed by atoms with van der Waals surface area (Å²) in [5.74, 6) is 2.38. The van der Waals surface area contributed by atoms with E-state index in [1.54, 1.807) is 6.07 Å². The van der Waals surface area contributed by atoms with Crippen molar-refractivity contribution in [2.24, 2.45) is 0 Å². The molecule has 7 heteroatoms. The predicted molar refractivity (Wildman–Crippen MR) is 158 cm³/mol. The maximum Gasteiger partial charge on any atom is 0.212 e. The van der Waals surface area contributed by atoms with Crippen LogP contribution in [0.15, 0.2) is 41.3 Å². The number of carbonyl (C=O) groups is 1. The number of hydrogen-bond acceptors (Lipinski definition) is 5. The molecule has 0 aliphatic carbocycles. The number of nitrogens with one attached hydrogen (secondary N) is 1. The van der Waals surface area contributed by atoms with Crippen LogP contribution >= 0.6 is 10.2 Å². The number of nitrogens with zero attached hydrogens (tertiary/aromatic N) is 2. The van der Waals surface area contributed by atoms with Gasteiger partial charge in [-0.15, -0.1) is 15.9 Å². The van der Waals surface area contributed by atoms with Crippen molar-refractivity contribution in [3.8, 4) is 5.75 Å². The molecule has 0 saturated carbocycles. The van der Waals surface area contributed by atoms with Crippen LogP contribution in [0.25, 0.3) is 0 Å². The summed E-state index contributed by atoms with van der Waals surface area (Å²) in [6.07, 6.45) is 5.33. The Balaban J connectivity index is 1.64. The molecule has 3 aliphatic rings. The molecule has 5 nitrogen and oxygen atoms in total. The lowest BCUT2D eigenvalue weighted by molar-refractivity contribution is -0.109. The van der Waals surface area contributed by atoms with Crippen molar-refractivity contribution in [1.29, 1.82) is 0 Å². The van der Waals surface area contributed by atoms with Crippen molar-refractivity contribution in [3.63, 3.8) is 0 Å². The van der Waals surface area contributed by atoms with E-state index in [4.69, 9.17) is 4.74 Å². The highest BCUT2D eigenvalue weighted by molar-refractivity contribution is 8.44. The highest BCUT2D eigenvalue weighted by Gasteiger charge is 2.50. The second kappa shape index (κ2) is 12.0. The molecule has 0 atom stereocenters. The maximum atomic E-state index is 16.0. The van der Waals surface area contributed by atoms with Crippen molar-refractivity contribution < 1.29 is 13.9 Å². The van der Waals surface area contributed by atoms with Crippen LogP contribution in [0.5, 0.6) is 5.75 Å². The average Bonchev–Trinajstić information content (AvgIpc) is 2.89. The van der Waals surface area contributed by atoms with Gasteiger partial charge in [0.2, 0.25) is 5.12 Å². The molecular formula is C31H46FN3O2S. The van der Waals surface area contributed by atoms with E-state index in [0.717, 1.165) is 97.6 Å². The van der Waals surface area contributed by atoms with Crippen LogP contribution < -0.4 is 10.1 Å². The number of allylic oxidation sites excluding steroid dienone is 2. The quantitative estimate of drug-likeness (QED) is 0.320. The molecular weight excluding hydrogens is 497 g/mol. The van der Waals surface area contributed by atoms with Gasteiger partial charge in [0.25, 0.3) is 0 Å². The third kappa shape index (κ3) is 5.11. The summed E-state index contributed by atoms with van der Waals surface area (Å²) in [5, 5.41) is 3.48. The molecule has 4 rings (SSSR count). The molecule has 0 aromatic heterocycles. The molecule has 0 radical (unpaired) electrons. The third-order valence-corrected chi connectivity index (χ3v) is 13.4. The average molecular weight is 544 g/mol. The zero-order chi connectivity index (χ0) is 27.5. The lowest BCUT2D eigenvalue weighted by Crippen LogP contribution is -2.51. The first-order valence-corrected chi connectivity index (χ1v) is 16.1. The van der Waals surface area contributed by atoms with Gasteiger partial charge in [0.1, 0.15) is 18.2 Å². The Morgan fingerprint density at radius 2 is 1.95 bits per heavy atom. The Hall–Kier alpha value is -2.05. The standard InChI is InChI=1S/C31H46FN3O2S/c1-7-23(3)31(29-25(8-2)21-26(22-28(29)32)37-18-14-33-5)12-16-35(17-13-31)38(19-10-20-38)30(36)27-11-9-15-34(6)24(27)4/h21-22,33H,1,8-20H2,2-6H3. The summed E-state index contributed by atoms with van der Waals surface area (Å²) >= 11 is 0. The van der Waals surface area contributed by atoms with Crippen LogP contribution in [0.2, 0.25) is 0 Å². The first-order chi connectivity index (χ1) is 18.2. The van der Waals surface area contributed by atoms with Gasteiger partial charge in [0, 0.05) is 61.5 Å². The van der Waals surface area contributed by atoms with Gasteiger partial charge >= 0.3 is 0 Å². The van der Waals surface area contributed by atoms with Crippen molar-refractivity contribution in [2.75, 3.05) is 58.4 Å². The van der Waals surface area contributed by atoms with Gasteiger partial charge in [0.15, 0.2) is 0 Å². The molecule has 38 heavy (non-hydrogen) atoms. The SMILES string of the molecule is C=C=C(C)C1(c2c(F)cc(OCCNC)cc2CC)CCN(S2(C(=O)C3=C(C)N(C)CCC3)CCC2)CC1. The Labute approximate surface area is 230 Å². The summed E-state index contributed by atoms with van der Waals surface area (Å²) < 4.78 is 24.3. The number of halogens is 1. The Bertz CT molecular complexity index is 1130. The van der Waals surface area contributed by atoms with Crippen LogP contribution in [0, 0.1) is 5.82 Å². The fourth-order valence-corrected chi connectivity index (χ4v) is 10.1. The molecule has 0 amide bonds. The fourth-order valence-electron chi connectivity index (χ4n) is 6.53. The monoisotopic (exact) mass is 543 g/mol. The molecule has 2 saturated heterocycles. The van der Waals surface area contributed by atoms with Crippen molar-refractivity contribution >= 4 is 15.3 Å². The van der Waals surface area contributed by atoms with Crippen molar-refractivity contribution in [1.82, 2.24) is 14.5 Å². The Morgan fingerprint density at radius 3 is 2.53 bits per heavy atom. The Kier molecular flexibility index (Phi) is 9.14. The minimum absolute atomic E-state index is 0.209. The van der Waals surface area contributed by atoms with E-state index in [2.05, 4.69) is 47.7 Å². The first-order valence-electron chi connectivity index (χ1n) is 14.2. The van der Waals surface area contributed by atoms with E-state index in [-0.39, 0.29) is 5.82 Å². The number of piperidine rings is 1. The molecule has 2 fully saturated rings. The van der Waals surface area contributed by atoms with Crippen LogP contribution in [0.3, 0.4) is 0 Å². The van der Waals surface area contributed by atoms with Gasteiger partial charge in [-0.3, -0.25) is 9.10 Å². The minimum atomic E-state index is -1.50. The highest BCUT2D eigenvalue weighted by atomic mass is 32.3. The largest absolute Gasteiger partial charge is 0.492 e. The normalized spacial score (nSPS) is 21.9. The van der Waals surface area contributed by atoms with Gasteiger partial charge in [-0.05, 0) is 88.1 Å². The summed E-state index contributed by atoms with van der Waals surface area (Å²) in [6, 6.07) is 3.56. The lowest BCUT2D eigenvalue weighted by atomic mass is 9.66. The molecule has 1 aromatic carbocycles. The molecule has 3 aliphatic heterocycles. The third-order valence-electron chi connectivity index (χ3n) is 9.16. The number of rotatable bonds is 9. The summed E-state index contributed by atoms with van der Waals surface area (Å²) in [4.78, 5) is 16.3. The molecule has 0 unspecified atom stereocenters. The number of carbonyl (C=O) groups excluding carboxylic acids is 1. The maximum absolute atomic E-state index is 16.0. The van der Waals surface area contributed by atoms with E-state index in [1.165, 1.54) is 0 Å². The smallest absolute Gasteiger partial charge is 0.212 e. The molecule has 0 bridgehead atoms. The van der Waals surface area contributed by atoms with Crippen molar-refractivity contribution in [3.05, 3.63) is 58.2 Å². The van der Waals surface area contributed by atoms with Crippen LogP contribution in [-0.4, -0.2) is 72.7 Å². The number of likely N-dealkylation sites (N-methyl/N-ethyl adjacent to an activating group) is 1. The number of ether oxygens (including phenoxy) is 1. The van der Waals surface area contributed by atoms with Gasteiger partial charge in [-0.1, -0.05) is 13.5 Å². The van der Waals surface area contributed by atoms with E-state index in [0.29, 0.717) is 24.0 Å². The van der Waals surface area contributed by atoms with Gasteiger partial charge in [0.05, 0.1) is 0 Å². The Morgan fingerprint density at radius 1 is 1.24 bits per heavy atom. The van der Waals surface area contributed by atoms with E-state index < -0.39 is 15.6 Å². The zero-order valence-corrected chi connectivity index (χ0v) is 24.9. The molecule has 0 spiro atoms. The van der Waals surface area contributed by atoms with Crippen LogP contribution in [-0.2, 0) is 16.6 Å². The lowest BCUT2D eigenvalue weighted by Gasteiger charge is -2.58. The van der Waals surface area contributed by atoms with Gasteiger partial charge < -0.3 is 15.0 Å². The van der Waals surface area contributed by atoms with Crippen LogP contribution in [0.1, 0.15) is 64.0 Å². The molecule has 3 heterocycles. The minimum Gasteiger partial charge on any atom is -0.492 e. The summed E-state index contributed by atoms with van der Waals surface area (Å²) in [7, 11) is 2.47. The second-order valence-corrected chi connectivity index (χ2v) is 14.4. The number of aryl methyl sites for hydroxylation is 1. The van der Waals surface area contributed by atoms with E-state index in [1.807, 2.05) is 20.0 Å². The summed E-state index contributed by atoms with van der Waals surface area (Å²) in [5.41, 5.74) is 7.64. The molecule has 1 N–H and O–H groups in total. The molecule has 1 aromatic rings. The van der Waals surface area contributed by atoms with Crippen LogP contribution in [0.4, 0.5) is 4.39 Å². The van der Waals surface area contributed by atoms with Gasteiger partial charge in [-0.25, -0.2) is 4.39 Å². The predicted octanol–water partition coefficient (Wildman–Crippen LogP) is 5.70. The first kappa shape index (κ1) is 28.9. The highest BCUT2D eigenvalue weighted by Crippen LogP contribution is 2.64. The fraction of sp³-hybridized carbons (Fsp3) is 0.613. The molecule has 210 valence electrons. The summed E-state index contributed by atoms with van der Waals surface area (Å²) in [6.45, 7) is 14.0. The topological polar surface area (TPSA) is 44.8 Å². The van der Waals surface area contributed by atoms with E-state index >= 15 is 4.39 Å². The van der Waals surface area contributed by atoms with Crippen molar-refractivity contribution in [2.45, 2.75) is 64.7 Å². The number of hydrogen-bond donors (Lipinski definition) is 1. The second-order valence-electron chi connectivity index (χ2n) is 11.0. The van der Waals surface area contributed by atoms with E-state index in [9.17, 15) is 4.79 Å². The number of benzene rings is 1. The zero-order valence-electron chi connectivity index (χ0n) is 24.1. The van der Waals surface area contributed by atoms with Gasteiger partial charge in [-0.2, -0.15) is 0 Å².